The van der Waals surface area contributed by atoms with Gasteiger partial charge in [0.2, 0.25) is 0 Å². The average Bonchev–Trinajstić information content (AvgIpc) is 2.71. The molecule has 2 nitrogen and oxygen atoms in total. The summed E-state index contributed by atoms with van der Waals surface area (Å²) in [6, 6.07) is 1.28. The first-order valence-electron chi connectivity index (χ1n) is 5.18. The van der Waals surface area contributed by atoms with Gasteiger partial charge in [0.1, 0.15) is 5.91 Å². The summed E-state index contributed by atoms with van der Waals surface area (Å²) in [5.74, 6) is 0.104. The molecule has 1 aliphatic rings. The van der Waals surface area contributed by atoms with Crippen LogP contribution in [0.3, 0.4) is 0 Å². The summed E-state index contributed by atoms with van der Waals surface area (Å²) in [5, 5.41) is 0. The number of methoxy groups -OCH3 is 2. The van der Waals surface area contributed by atoms with Crippen molar-refractivity contribution in [3.63, 3.8) is 0 Å². The van der Waals surface area contributed by atoms with Gasteiger partial charge in [0.15, 0.2) is 0 Å². The third-order valence-electron chi connectivity index (χ3n) is 2.43. The second kappa shape index (κ2) is 17.3. The first kappa shape index (κ1) is 26.8. The molecular formula is C14H28O2PtSi. The summed E-state index contributed by atoms with van der Waals surface area (Å²) >= 11 is 0. The maximum Gasteiger partial charge on any atom is 4.00 e. The van der Waals surface area contributed by atoms with Gasteiger partial charge in [-0.2, -0.15) is 6.08 Å². The van der Waals surface area contributed by atoms with Crippen LogP contribution in [0.2, 0.25) is 6.04 Å². The van der Waals surface area contributed by atoms with E-state index in [1.165, 1.54) is 24.5 Å². The van der Waals surface area contributed by atoms with Crippen molar-refractivity contribution >= 4 is 9.52 Å². The fraction of sp³-hybridized carbons (Fsp3) is 0.500. The molecule has 0 atom stereocenters. The Morgan fingerprint density at radius 1 is 1.28 bits per heavy atom. The molecule has 110 valence electrons. The van der Waals surface area contributed by atoms with Gasteiger partial charge in [0.05, 0.1) is 9.52 Å². The minimum Gasteiger partial charge on any atom is -0.360 e. The molecule has 0 bridgehead atoms. The van der Waals surface area contributed by atoms with E-state index in [-0.39, 0.29) is 58.8 Å². The molecular weight excluding hydrogens is 423 g/mol. The summed E-state index contributed by atoms with van der Waals surface area (Å²) in [7, 11) is 3.22. The number of hydrogen-bond acceptors (Lipinski definition) is 2. The topological polar surface area (TPSA) is 18.5 Å². The molecule has 0 saturated carbocycles. The number of hydrogen-bond donors (Lipinski definition) is 0. The Bertz CT molecular complexity index is 214. The van der Waals surface area contributed by atoms with Gasteiger partial charge >= 0.3 is 21.1 Å². The van der Waals surface area contributed by atoms with E-state index < -0.39 is 0 Å². The fourth-order valence-corrected chi connectivity index (χ4v) is 2.92. The predicted octanol–water partition coefficient (Wildman–Crippen LogP) is 2.97. The first-order valence-corrected chi connectivity index (χ1v) is 7.00. The van der Waals surface area contributed by atoms with Crippen molar-refractivity contribution in [1.29, 1.82) is 0 Å². The van der Waals surface area contributed by atoms with Crippen molar-refractivity contribution in [3.05, 3.63) is 46.1 Å². The van der Waals surface area contributed by atoms with Crippen LogP contribution in [-0.2, 0) is 30.5 Å². The third kappa shape index (κ3) is 11.4. The second-order valence-corrected chi connectivity index (χ2v) is 5.41. The second-order valence-electron chi connectivity index (χ2n) is 3.46. The van der Waals surface area contributed by atoms with Gasteiger partial charge in [-0.25, -0.2) is 11.6 Å². The van der Waals surface area contributed by atoms with Crippen LogP contribution >= 0.6 is 0 Å². The van der Waals surface area contributed by atoms with E-state index in [9.17, 15) is 0 Å². The van der Waals surface area contributed by atoms with Gasteiger partial charge in [-0.3, -0.25) is 6.08 Å². The summed E-state index contributed by atoms with van der Waals surface area (Å²) in [5.41, 5.74) is 1.38. The minimum atomic E-state index is -0.222. The van der Waals surface area contributed by atoms with E-state index >= 15 is 0 Å². The largest absolute Gasteiger partial charge is 4.00 e. The monoisotopic (exact) mass is 451 g/mol. The van der Waals surface area contributed by atoms with E-state index in [1.54, 1.807) is 14.2 Å². The summed E-state index contributed by atoms with van der Waals surface area (Å²) in [6.07, 6.45) is 11.1. The summed E-state index contributed by atoms with van der Waals surface area (Å²) in [4.78, 5) is 0. The van der Waals surface area contributed by atoms with Gasteiger partial charge in [0.25, 0.3) is 0 Å². The van der Waals surface area contributed by atoms with Gasteiger partial charge in [-0.05, 0) is 0 Å². The molecule has 0 N–H and O–H groups in total. The molecule has 0 amide bonds. The first-order chi connectivity index (χ1) is 6.86. The van der Waals surface area contributed by atoms with Crippen LogP contribution in [0.5, 0.6) is 0 Å². The zero-order valence-corrected chi connectivity index (χ0v) is 16.1. The summed E-state index contributed by atoms with van der Waals surface area (Å²) < 4.78 is 10.3. The van der Waals surface area contributed by atoms with Crippen LogP contribution in [-0.4, -0.2) is 29.7 Å². The summed E-state index contributed by atoms with van der Waals surface area (Å²) in [6.45, 7) is 0. The molecule has 0 spiro atoms. The molecule has 0 radical (unpaired) electrons. The number of ether oxygens (including phenoxy) is 2. The average molecular weight is 452 g/mol. The Hall–Kier alpha value is 0.305. The van der Waals surface area contributed by atoms with Gasteiger partial charge < -0.3 is 31.8 Å². The minimum absolute atomic E-state index is 0. The Morgan fingerprint density at radius 3 is 2.33 bits per heavy atom. The van der Waals surface area contributed by atoms with Crippen molar-refractivity contribution in [2.45, 2.75) is 31.2 Å². The maximum absolute atomic E-state index is 5.17. The van der Waals surface area contributed by atoms with E-state index in [4.69, 9.17) is 9.47 Å². The molecule has 18 heavy (non-hydrogen) atoms. The normalized spacial score (nSPS) is 12.5. The van der Waals surface area contributed by atoms with E-state index in [0.29, 0.717) is 0 Å². The molecule has 4 heteroatoms. The van der Waals surface area contributed by atoms with Crippen molar-refractivity contribution in [1.82, 2.24) is 0 Å². The molecule has 0 unspecified atom stereocenters. The van der Waals surface area contributed by atoms with Crippen LogP contribution in [0.25, 0.3) is 0 Å². The molecule has 0 aromatic heterocycles. The zero-order valence-electron chi connectivity index (χ0n) is 12.4. The van der Waals surface area contributed by atoms with Crippen LogP contribution in [0.1, 0.15) is 19.3 Å². The predicted molar refractivity (Wildman–Crippen MR) is 80.1 cm³/mol. The Balaban J connectivity index is -0.000000245. The van der Waals surface area contributed by atoms with E-state index in [0.717, 1.165) is 6.42 Å². The van der Waals surface area contributed by atoms with Crippen LogP contribution < -0.4 is 0 Å². The third-order valence-corrected chi connectivity index (χ3v) is 4.47. The molecule has 0 aromatic carbocycles. The van der Waals surface area contributed by atoms with Crippen molar-refractivity contribution in [2.75, 3.05) is 14.2 Å². The van der Waals surface area contributed by atoms with E-state index in [1.807, 2.05) is 0 Å². The van der Waals surface area contributed by atoms with E-state index in [2.05, 4.69) is 18.2 Å². The molecule has 1 aliphatic carbocycles. The maximum atomic E-state index is 5.17. The van der Waals surface area contributed by atoms with Gasteiger partial charge in [-0.1, -0.05) is 18.9 Å². The van der Waals surface area contributed by atoms with Crippen LogP contribution in [0.15, 0.2) is 17.7 Å². The number of rotatable bonds is 7. The van der Waals surface area contributed by atoms with Gasteiger partial charge in [0, 0.05) is 14.2 Å². The quantitative estimate of drug-likeness (QED) is 0.257. The van der Waals surface area contributed by atoms with Crippen LogP contribution in [0, 0.1) is 28.4 Å². The molecule has 0 fully saturated rings. The van der Waals surface area contributed by atoms with Gasteiger partial charge in [-0.15, -0.1) is 6.42 Å². The Labute approximate surface area is 131 Å². The van der Waals surface area contributed by atoms with Crippen molar-refractivity contribution in [2.24, 2.45) is 0 Å². The van der Waals surface area contributed by atoms with Crippen LogP contribution in [0.4, 0.5) is 0 Å². The Morgan fingerprint density at radius 2 is 1.89 bits per heavy atom. The fourth-order valence-electron chi connectivity index (χ4n) is 1.58. The Kier molecular flexibility index (Phi) is 25.8. The molecule has 0 aromatic rings. The molecule has 0 aliphatic heterocycles. The zero-order chi connectivity index (χ0) is 10.2. The van der Waals surface area contributed by atoms with Crippen molar-refractivity contribution < 1.29 is 30.5 Å². The number of allylic oxidation sites excluding steroid dienone is 4. The smallest absolute Gasteiger partial charge is 0.360 e. The molecule has 1 rings (SSSR count). The standard InChI is InChI=1S/C11H19O2Si.3CH3.Pt/c1-12-11(13-2)14-9-5-8-10-6-3-4-7-10;;;;/h3,6,11H,4-5,8-9,14H2,1-2H3;3*1H3;/q4*-1;+4. The molecule has 0 saturated heterocycles. The SMILES string of the molecule is COC(OC)[SiH2]CCCC1=[C-]CC=C1.[CH3-].[CH3-].[CH3-].[Pt+4]. The van der Waals surface area contributed by atoms with Crippen molar-refractivity contribution in [3.8, 4) is 0 Å². The molecule has 0 heterocycles.